The minimum atomic E-state index is -1.16. The monoisotopic (exact) mass is 562 g/mol. The molecule has 39 heavy (non-hydrogen) atoms. The molecule has 2 unspecified atom stereocenters. The Morgan fingerprint density at radius 3 is 2.85 bits per heavy atom. The van der Waals surface area contributed by atoms with Crippen LogP contribution in [-0.2, 0) is 11.5 Å². The predicted octanol–water partition coefficient (Wildman–Crippen LogP) is 5.45. The van der Waals surface area contributed by atoms with Gasteiger partial charge < -0.3 is 14.2 Å². The van der Waals surface area contributed by atoms with Crippen LogP contribution in [0.15, 0.2) is 36.4 Å². The van der Waals surface area contributed by atoms with Crippen LogP contribution in [0.4, 0.5) is 9.39 Å². The summed E-state index contributed by atoms with van der Waals surface area (Å²) < 4.78 is 24.0. The third kappa shape index (κ3) is 5.59. The van der Waals surface area contributed by atoms with Gasteiger partial charge in [-0.1, -0.05) is 19.6 Å². The molecule has 0 bridgehead atoms. The standard InChI is InChI=1S/C27H31FN8OSSi/c1-39(2,3)9-8-37-18-35-7-5-22-25(31-17-32-26(22)35)21-13-33-36(15-21)24(10-28)19-4-6-34(14-19)27-23(12-30)20(11-29)16-38-27/h5,7,13,15-17,19,24H,4,6,8-10,14,18H2,1-3H3. The smallest absolute Gasteiger partial charge is 0.145 e. The Morgan fingerprint density at radius 1 is 1.26 bits per heavy atom. The van der Waals surface area contributed by atoms with E-state index in [0.29, 0.717) is 30.9 Å². The quantitative estimate of drug-likeness (QED) is 0.187. The highest BCUT2D eigenvalue weighted by molar-refractivity contribution is 7.14. The molecule has 5 heterocycles. The average Bonchev–Trinajstić information content (AvgIpc) is 3.72. The van der Waals surface area contributed by atoms with E-state index >= 15 is 0 Å². The lowest BCUT2D eigenvalue weighted by atomic mass is 10.0. The Morgan fingerprint density at radius 2 is 2.10 bits per heavy atom. The van der Waals surface area contributed by atoms with Crippen LogP contribution in [-0.4, -0.2) is 58.8 Å². The van der Waals surface area contributed by atoms with E-state index in [0.717, 1.165) is 46.4 Å². The van der Waals surface area contributed by atoms with Gasteiger partial charge in [0.05, 0.1) is 23.5 Å². The van der Waals surface area contributed by atoms with Gasteiger partial charge in [0.15, 0.2) is 0 Å². The number of aromatic nitrogens is 5. The van der Waals surface area contributed by atoms with Crippen molar-refractivity contribution in [1.29, 1.82) is 10.5 Å². The lowest BCUT2D eigenvalue weighted by Gasteiger charge is -2.22. The lowest BCUT2D eigenvalue weighted by Crippen LogP contribution is -2.26. The van der Waals surface area contributed by atoms with E-state index in [2.05, 4.69) is 51.7 Å². The van der Waals surface area contributed by atoms with Crippen molar-refractivity contribution in [3.05, 3.63) is 47.5 Å². The van der Waals surface area contributed by atoms with Gasteiger partial charge in [-0.15, -0.1) is 11.3 Å². The molecule has 1 aliphatic heterocycles. The molecule has 1 aliphatic rings. The third-order valence-corrected chi connectivity index (χ3v) is 9.96. The molecule has 202 valence electrons. The second kappa shape index (κ2) is 11.3. The zero-order chi connectivity index (χ0) is 27.6. The summed E-state index contributed by atoms with van der Waals surface area (Å²) >= 11 is 1.39. The number of thiophene rings is 1. The maximum absolute atomic E-state index is 14.4. The minimum Gasteiger partial charge on any atom is -0.362 e. The van der Waals surface area contributed by atoms with Crippen LogP contribution in [0.25, 0.3) is 22.3 Å². The number of nitriles is 2. The number of anilines is 1. The molecule has 5 rings (SSSR count). The van der Waals surface area contributed by atoms with Gasteiger partial charge in [-0.05, 0) is 18.5 Å². The minimum absolute atomic E-state index is 0.0155. The largest absolute Gasteiger partial charge is 0.362 e. The molecule has 0 saturated carbocycles. The van der Waals surface area contributed by atoms with E-state index in [1.54, 1.807) is 22.6 Å². The van der Waals surface area contributed by atoms with Gasteiger partial charge >= 0.3 is 0 Å². The molecule has 4 aromatic heterocycles. The summed E-state index contributed by atoms with van der Waals surface area (Å²) in [6.07, 6.45) is 7.85. The van der Waals surface area contributed by atoms with Crippen molar-refractivity contribution < 1.29 is 9.13 Å². The van der Waals surface area contributed by atoms with Crippen LogP contribution in [0.1, 0.15) is 23.6 Å². The first kappa shape index (κ1) is 27.0. The van der Waals surface area contributed by atoms with Gasteiger partial charge in [-0.25, -0.2) is 14.4 Å². The number of fused-ring (bicyclic) bond motifs is 1. The zero-order valence-electron chi connectivity index (χ0n) is 22.3. The molecular weight excluding hydrogens is 532 g/mol. The molecule has 0 aromatic carbocycles. The normalized spacial score (nSPS) is 16.5. The average molecular weight is 563 g/mol. The van der Waals surface area contributed by atoms with Gasteiger partial charge in [0.25, 0.3) is 0 Å². The maximum atomic E-state index is 14.4. The molecule has 0 aliphatic carbocycles. The Bertz CT molecular complexity index is 1540. The molecule has 0 amide bonds. The van der Waals surface area contributed by atoms with E-state index in [-0.39, 0.29) is 5.92 Å². The second-order valence-electron chi connectivity index (χ2n) is 11.1. The summed E-state index contributed by atoms with van der Waals surface area (Å²) in [5, 5.41) is 26.7. The summed E-state index contributed by atoms with van der Waals surface area (Å²) in [7, 11) is -1.16. The fourth-order valence-corrected chi connectivity index (χ4v) is 6.74. The van der Waals surface area contributed by atoms with Crippen molar-refractivity contribution in [1.82, 2.24) is 24.3 Å². The molecule has 1 fully saturated rings. The molecule has 0 spiro atoms. The number of rotatable bonds is 10. The SMILES string of the molecule is C[Si](C)(C)CCOCn1ccc2c(-c3cnn(C(CF)C4CCN(c5scc(C#N)c5C#N)C4)c3)ncnc21. The highest BCUT2D eigenvalue weighted by atomic mass is 32.1. The first-order chi connectivity index (χ1) is 18.8. The van der Waals surface area contributed by atoms with E-state index in [4.69, 9.17) is 4.74 Å². The van der Waals surface area contributed by atoms with Crippen LogP contribution >= 0.6 is 11.3 Å². The van der Waals surface area contributed by atoms with Crippen molar-refractivity contribution >= 4 is 35.4 Å². The fourth-order valence-electron chi connectivity index (χ4n) is 4.99. The number of ether oxygens (including phenoxy) is 1. The van der Waals surface area contributed by atoms with Crippen LogP contribution in [0.5, 0.6) is 0 Å². The Labute approximate surface area is 232 Å². The van der Waals surface area contributed by atoms with Crippen LogP contribution in [0.3, 0.4) is 0 Å². The summed E-state index contributed by atoms with van der Waals surface area (Å²) in [5.41, 5.74) is 3.14. The summed E-state index contributed by atoms with van der Waals surface area (Å²) in [6.45, 7) is 8.90. The topological polar surface area (TPSA) is 109 Å². The number of alkyl halides is 1. The first-order valence-electron chi connectivity index (χ1n) is 13.0. The van der Waals surface area contributed by atoms with Gasteiger partial charge in [-0.2, -0.15) is 15.6 Å². The Hall–Kier alpha value is -3.58. The summed E-state index contributed by atoms with van der Waals surface area (Å²) in [5.74, 6) is 0.0155. The van der Waals surface area contributed by atoms with Gasteiger partial charge in [0.1, 0.15) is 48.1 Å². The van der Waals surface area contributed by atoms with Gasteiger partial charge in [0, 0.05) is 62.4 Å². The Balaban J connectivity index is 1.31. The highest BCUT2D eigenvalue weighted by Crippen LogP contribution is 2.38. The molecular formula is C27H31FN8OSSi. The van der Waals surface area contributed by atoms with Crippen LogP contribution in [0.2, 0.25) is 25.7 Å². The lowest BCUT2D eigenvalue weighted by molar-refractivity contribution is 0.0899. The van der Waals surface area contributed by atoms with Gasteiger partial charge in [0.2, 0.25) is 0 Å². The molecule has 0 radical (unpaired) electrons. The van der Waals surface area contributed by atoms with E-state index in [1.807, 2.05) is 23.0 Å². The molecule has 4 aromatic rings. The molecule has 2 atom stereocenters. The van der Waals surface area contributed by atoms with E-state index in [9.17, 15) is 14.9 Å². The molecule has 9 nitrogen and oxygen atoms in total. The number of hydrogen-bond acceptors (Lipinski definition) is 8. The summed E-state index contributed by atoms with van der Waals surface area (Å²) in [4.78, 5) is 11.1. The predicted molar refractivity (Wildman–Crippen MR) is 152 cm³/mol. The van der Waals surface area contributed by atoms with Crippen LogP contribution in [0, 0.1) is 28.6 Å². The number of hydrogen-bond donors (Lipinski definition) is 0. The number of nitrogens with zero attached hydrogens (tertiary/aromatic N) is 8. The van der Waals surface area contributed by atoms with E-state index in [1.165, 1.54) is 11.3 Å². The molecule has 0 N–H and O–H groups in total. The zero-order valence-corrected chi connectivity index (χ0v) is 24.2. The third-order valence-electron chi connectivity index (χ3n) is 7.22. The first-order valence-corrected chi connectivity index (χ1v) is 17.6. The second-order valence-corrected chi connectivity index (χ2v) is 17.6. The van der Waals surface area contributed by atoms with Crippen LogP contribution < -0.4 is 4.90 Å². The van der Waals surface area contributed by atoms with Gasteiger partial charge in [-0.3, -0.25) is 4.68 Å². The maximum Gasteiger partial charge on any atom is 0.145 e. The van der Waals surface area contributed by atoms with Crippen molar-refractivity contribution in [2.75, 3.05) is 31.3 Å². The highest BCUT2D eigenvalue weighted by Gasteiger charge is 2.33. The Kier molecular flexibility index (Phi) is 7.80. The van der Waals surface area contributed by atoms with E-state index < -0.39 is 20.8 Å². The summed E-state index contributed by atoms with van der Waals surface area (Å²) in [6, 6.07) is 6.88. The van der Waals surface area contributed by atoms with Crippen molar-refractivity contribution in [2.24, 2.45) is 5.92 Å². The van der Waals surface area contributed by atoms with Crippen molar-refractivity contribution in [2.45, 2.75) is 44.9 Å². The molecule has 1 saturated heterocycles. The van der Waals surface area contributed by atoms with Crippen molar-refractivity contribution in [3.8, 4) is 23.4 Å². The molecule has 12 heteroatoms. The number of halogens is 1. The fraction of sp³-hybridized carbons (Fsp3) is 0.444. The van der Waals surface area contributed by atoms with Crippen molar-refractivity contribution in [3.63, 3.8) is 0 Å².